The van der Waals surface area contributed by atoms with Crippen molar-refractivity contribution in [1.82, 2.24) is 4.90 Å². The minimum Gasteiger partial charge on any atom is -0.459 e. The van der Waals surface area contributed by atoms with Gasteiger partial charge in [-0.05, 0) is 92.2 Å². The first-order valence-electron chi connectivity index (χ1n) is 24.1. The fourth-order valence-corrected chi connectivity index (χ4v) is 10.7. The molecule has 4 aliphatic heterocycles. The number of rotatable bonds is 12. The van der Waals surface area contributed by atoms with Gasteiger partial charge < -0.3 is 57.4 Å². The first-order chi connectivity index (χ1) is 32.1. The smallest absolute Gasteiger partial charge is 0.338 e. The van der Waals surface area contributed by atoms with Gasteiger partial charge in [0.1, 0.15) is 17.5 Å². The van der Waals surface area contributed by atoms with Gasteiger partial charge in [0.2, 0.25) is 0 Å². The Kier molecular flexibility index (Phi) is 17.4. The molecule has 4 heterocycles. The summed E-state index contributed by atoms with van der Waals surface area (Å²) in [5.74, 6) is -5.37. The second kappa shape index (κ2) is 22.1. The number of aliphatic hydroxyl groups is 1. The highest BCUT2D eigenvalue weighted by Gasteiger charge is 2.62. The van der Waals surface area contributed by atoms with Crippen molar-refractivity contribution in [3.8, 4) is 0 Å². The maximum absolute atomic E-state index is 14.7. The van der Waals surface area contributed by atoms with Crippen LogP contribution in [0.2, 0.25) is 0 Å². The van der Waals surface area contributed by atoms with Crippen LogP contribution in [0.15, 0.2) is 60.7 Å². The summed E-state index contributed by atoms with van der Waals surface area (Å²) in [5, 5.41) is 11.9. The number of hydrogen-bond donors (Lipinski definition) is 1. The Balaban J connectivity index is 1.43. The third kappa shape index (κ3) is 11.3. The molecule has 4 aliphatic rings. The number of methoxy groups -OCH3 is 2. The second-order valence-electron chi connectivity index (χ2n) is 20.1. The lowest BCUT2D eigenvalue weighted by molar-refractivity contribution is -0.318. The average Bonchev–Trinajstić information content (AvgIpc) is 4.14. The Morgan fingerprint density at radius 2 is 1.32 bits per heavy atom. The van der Waals surface area contributed by atoms with Crippen LogP contribution in [0, 0.1) is 23.7 Å². The van der Waals surface area contributed by atoms with E-state index in [-0.39, 0.29) is 37.4 Å². The summed E-state index contributed by atoms with van der Waals surface area (Å²) < 4.78 is 64.6. The number of epoxide rings is 1. The van der Waals surface area contributed by atoms with Crippen LogP contribution in [0.25, 0.3) is 0 Å². The van der Waals surface area contributed by atoms with E-state index in [9.17, 15) is 24.3 Å². The van der Waals surface area contributed by atoms with E-state index in [1.54, 1.807) is 76.2 Å². The zero-order valence-corrected chi connectivity index (χ0v) is 42.1. The van der Waals surface area contributed by atoms with E-state index < -0.39 is 114 Å². The van der Waals surface area contributed by atoms with Crippen molar-refractivity contribution in [2.24, 2.45) is 23.7 Å². The molecule has 16 heteroatoms. The zero-order chi connectivity index (χ0) is 49.9. The number of esters is 3. The van der Waals surface area contributed by atoms with Gasteiger partial charge in [0.05, 0.1) is 65.8 Å². The Morgan fingerprint density at radius 1 is 0.765 bits per heavy atom. The molecule has 0 amide bonds. The van der Waals surface area contributed by atoms with E-state index in [4.69, 9.17) is 47.4 Å². The molecule has 0 aromatic heterocycles. The van der Waals surface area contributed by atoms with Crippen LogP contribution in [-0.2, 0) is 57.0 Å². The van der Waals surface area contributed by atoms with E-state index in [1.165, 1.54) is 14.2 Å². The molecule has 2 aromatic carbocycles. The summed E-state index contributed by atoms with van der Waals surface area (Å²) in [6.07, 6.45) is -8.38. The van der Waals surface area contributed by atoms with E-state index in [0.29, 0.717) is 24.0 Å². The predicted molar refractivity (Wildman–Crippen MR) is 248 cm³/mol. The number of aliphatic hydroxyl groups excluding tert-OH is 1. The molecular formula is C52H75NO15. The van der Waals surface area contributed by atoms with Crippen LogP contribution in [-0.4, -0.2) is 153 Å². The molecule has 1 spiro atoms. The van der Waals surface area contributed by atoms with Gasteiger partial charge in [0, 0.05) is 38.4 Å². The van der Waals surface area contributed by atoms with Crippen molar-refractivity contribution in [1.29, 1.82) is 0 Å². The van der Waals surface area contributed by atoms with Gasteiger partial charge in [-0.3, -0.25) is 9.59 Å². The molecule has 2 aromatic rings. The Labute approximate surface area is 401 Å². The van der Waals surface area contributed by atoms with Gasteiger partial charge in [0.15, 0.2) is 30.4 Å². The molecule has 6 rings (SSSR count). The molecule has 0 radical (unpaired) electrons. The number of hydrogen-bond acceptors (Lipinski definition) is 16. The van der Waals surface area contributed by atoms with Crippen molar-refractivity contribution >= 4 is 23.7 Å². The number of cyclic esters (lactones) is 1. The first kappa shape index (κ1) is 53.5. The molecule has 4 saturated heterocycles. The Morgan fingerprint density at radius 3 is 1.85 bits per heavy atom. The third-order valence-electron chi connectivity index (χ3n) is 15.0. The van der Waals surface area contributed by atoms with Crippen molar-refractivity contribution < 1.29 is 71.7 Å². The quantitative estimate of drug-likeness (QED) is 0.144. The van der Waals surface area contributed by atoms with Crippen LogP contribution < -0.4 is 0 Å². The number of ketones is 1. The number of nitrogens with zero attached hydrogens (tertiary/aromatic N) is 1. The number of ether oxygens (including phenoxy) is 10. The summed E-state index contributed by atoms with van der Waals surface area (Å²) in [4.78, 5) is 58.4. The van der Waals surface area contributed by atoms with E-state index in [1.807, 2.05) is 65.7 Å². The van der Waals surface area contributed by atoms with E-state index in [0.717, 1.165) is 0 Å². The zero-order valence-electron chi connectivity index (χ0n) is 42.1. The fourth-order valence-electron chi connectivity index (χ4n) is 10.7. The standard InChI is InChI=1S/C52H75NO15/c1-14-38-52(28-61-52)43(55)31(4)40(54)29(2)26-50(8,59-12)44(68-49-42(37(53(10)11)25-30(3)62-49)66-47(57)35-21-17-15-18-22-35)32(5)41(33(6)46(56)64-38)65-39-27-51(9,60-13)45(34(7)63-39)67-48(58)36-23-19-16-20-24-36/h15-24,29-34,37-39,41-45,49,55H,14,25-28H2,1-13H3/t29-,30-,31+,32+,33-,34+,37+,38-,39?,41+,42-,43-,44-,45+,49?,50+,51-,52-/m1/s1. The molecule has 2 unspecified atom stereocenters. The monoisotopic (exact) mass is 954 g/mol. The first-order valence-corrected chi connectivity index (χ1v) is 24.1. The number of likely N-dealkylation sites (N-methyl/N-ethyl adjacent to an activating group) is 1. The lowest BCUT2D eigenvalue weighted by Gasteiger charge is -2.50. The summed E-state index contributed by atoms with van der Waals surface area (Å²) >= 11 is 0. The summed E-state index contributed by atoms with van der Waals surface area (Å²) in [6, 6.07) is 17.0. The third-order valence-corrected chi connectivity index (χ3v) is 15.0. The van der Waals surface area contributed by atoms with Gasteiger partial charge in [0.25, 0.3) is 0 Å². The highest BCUT2D eigenvalue weighted by Crippen LogP contribution is 2.45. The molecule has 0 bridgehead atoms. The number of carbonyl (C=O) groups excluding carboxylic acids is 4. The second-order valence-corrected chi connectivity index (χ2v) is 20.1. The highest BCUT2D eigenvalue weighted by atomic mass is 16.7. The van der Waals surface area contributed by atoms with Gasteiger partial charge in [-0.25, -0.2) is 9.59 Å². The van der Waals surface area contributed by atoms with Crippen LogP contribution in [0.4, 0.5) is 0 Å². The van der Waals surface area contributed by atoms with Crippen molar-refractivity contribution in [2.45, 2.75) is 172 Å². The minimum atomic E-state index is -1.32. The highest BCUT2D eigenvalue weighted by molar-refractivity contribution is 5.90. The average molecular weight is 954 g/mol. The normalized spacial score (nSPS) is 40.5. The van der Waals surface area contributed by atoms with Gasteiger partial charge in [-0.15, -0.1) is 0 Å². The van der Waals surface area contributed by atoms with Crippen LogP contribution in [0.5, 0.6) is 0 Å². The fraction of sp³-hybridized carbons (Fsp3) is 0.692. The molecule has 4 fully saturated rings. The van der Waals surface area contributed by atoms with Crippen LogP contribution in [0.3, 0.4) is 0 Å². The molecule has 16 nitrogen and oxygen atoms in total. The molecule has 0 aliphatic carbocycles. The SMILES string of the molecule is CC[C@H]1OC(=O)[C@H](C)[C@@H](OC2C[C@@](C)(OC)[C@@H](OC(=O)c3ccccc3)[C@H](C)O2)[C@H](C)[C@@H](OC2O[C@H](C)C[C@H](N(C)C)[C@H]2OC(=O)c2ccccc2)[C@@](C)(OC)C[C@@H](C)C(=O)[C@H](C)[C@@H](O)[C@@]12CO2. The summed E-state index contributed by atoms with van der Waals surface area (Å²) in [7, 11) is 6.86. The largest absolute Gasteiger partial charge is 0.459 e. The maximum Gasteiger partial charge on any atom is 0.338 e. The van der Waals surface area contributed by atoms with E-state index in [2.05, 4.69) is 0 Å². The van der Waals surface area contributed by atoms with E-state index >= 15 is 0 Å². The number of carbonyl (C=O) groups is 4. The molecular weight excluding hydrogens is 879 g/mol. The van der Waals surface area contributed by atoms with Gasteiger partial charge in [-0.2, -0.15) is 0 Å². The van der Waals surface area contributed by atoms with Crippen molar-refractivity contribution in [3.05, 3.63) is 71.8 Å². The number of benzene rings is 2. The number of Topliss-reactive ketones (excluding diaryl/α,β-unsaturated/α-hetero) is 1. The molecule has 0 saturated carbocycles. The maximum atomic E-state index is 14.7. The minimum absolute atomic E-state index is 0.0774. The summed E-state index contributed by atoms with van der Waals surface area (Å²) in [5.41, 5.74) is -2.99. The van der Waals surface area contributed by atoms with Crippen molar-refractivity contribution in [3.63, 3.8) is 0 Å². The molecule has 18 atom stereocenters. The van der Waals surface area contributed by atoms with Crippen LogP contribution >= 0.6 is 0 Å². The summed E-state index contributed by atoms with van der Waals surface area (Å²) in [6.45, 7) is 16.3. The predicted octanol–water partition coefficient (Wildman–Crippen LogP) is 6.19. The van der Waals surface area contributed by atoms with Gasteiger partial charge in [-0.1, -0.05) is 64.1 Å². The van der Waals surface area contributed by atoms with Crippen molar-refractivity contribution in [2.75, 3.05) is 34.9 Å². The molecule has 68 heavy (non-hydrogen) atoms. The van der Waals surface area contributed by atoms with Crippen LogP contribution in [0.1, 0.15) is 109 Å². The van der Waals surface area contributed by atoms with Gasteiger partial charge >= 0.3 is 17.9 Å². The Bertz CT molecular complexity index is 2020. The Hall–Kier alpha value is -3.84. The molecule has 1 N–H and O–H groups in total. The lowest BCUT2D eigenvalue weighted by atomic mass is 9.74. The topological polar surface area (TPSA) is 187 Å². The lowest BCUT2D eigenvalue weighted by Crippen LogP contribution is -2.62. The molecule has 378 valence electrons.